The zero-order valence-electron chi connectivity index (χ0n) is 6.66. The lowest BCUT2D eigenvalue weighted by atomic mass is 10.0. The van der Waals surface area contributed by atoms with Gasteiger partial charge in [0.15, 0.2) is 0 Å². The summed E-state index contributed by atoms with van der Waals surface area (Å²) in [6, 6.07) is 1.91. The van der Waals surface area contributed by atoms with Gasteiger partial charge in [0.2, 0.25) is 0 Å². The average Bonchev–Trinajstić information content (AvgIpc) is 2.54. The molecule has 0 saturated heterocycles. The van der Waals surface area contributed by atoms with Crippen LogP contribution < -0.4 is 10.3 Å². The molecule has 0 spiro atoms. The molecule has 0 unspecified atom stereocenters. The Morgan fingerprint density at radius 2 is 2.42 bits per heavy atom. The molecule has 58 valence electrons. The van der Waals surface area contributed by atoms with Gasteiger partial charge < -0.3 is 9.72 Å². The van der Waals surface area contributed by atoms with E-state index in [1.54, 1.807) is 13.3 Å². The molecular formula is C8H7BN2O. The molecule has 2 radical (unpaired) electrons. The number of fused-ring (bicyclic) bond motifs is 1. The highest BCUT2D eigenvalue weighted by Gasteiger charge is 2.03. The molecule has 0 atom stereocenters. The van der Waals surface area contributed by atoms with Gasteiger partial charge in [-0.3, -0.25) is 4.98 Å². The molecule has 2 rings (SSSR count). The molecule has 0 aromatic carbocycles. The van der Waals surface area contributed by atoms with Crippen LogP contribution in [0.2, 0.25) is 0 Å². The molecule has 12 heavy (non-hydrogen) atoms. The number of nitrogens with zero attached hydrogens (tertiary/aromatic N) is 1. The second-order valence-electron chi connectivity index (χ2n) is 2.48. The van der Waals surface area contributed by atoms with Crippen LogP contribution in [0.25, 0.3) is 10.9 Å². The molecule has 0 aliphatic rings. The first kappa shape index (κ1) is 7.22. The Labute approximate surface area is 71.2 Å². The molecule has 2 aromatic heterocycles. The number of hydrogen-bond acceptors (Lipinski definition) is 2. The Bertz CT molecular complexity index is 410. The molecule has 0 bridgehead atoms. The minimum absolute atomic E-state index is 0.496. The van der Waals surface area contributed by atoms with Gasteiger partial charge in [-0.15, -0.1) is 0 Å². The van der Waals surface area contributed by atoms with Crippen LogP contribution in [0.3, 0.4) is 0 Å². The number of H-pyrrole nitrogens is 1. The van der Waals surface area contributed by atoms with E-state index in [2.05, 4.69) is 9.97 Å². The van der Waals surface area contributed by atoms with Gasteiger partial charge in [-0.25, -0.2) is 0 Å². The highest BCUT2D eigenvalue weighted by molar-refractivity contribution is 6.36. The third-order valence-corrected chi connectivity index (χ3v) is 1.81. The zero-order chi connectivity index (χ0) is 8.55. The summed E-state index contributed by atoms with van der Waals surface area (Å²) in [7, 11) is 7.24. The van der Waals surface area contributed by atoms with E-state index in [0.717, 1.165) is 16.7 Å². The van der Waals surface area contributed by atoms with Crippen LogP contribution in [-0.2, 0) is 0 Å². The summed E-state index contributed by atoms with van der Waals surface area (Å²) in [5.74, 6) is 0.737. The van der Waals surface area contributed by atoms with E-state index in [-0.39, 0.29) is 0 Å². The number of ether oxygens (including phenoxy) is 1. The van der Waals surface area contributed by atoms with E-state index in [4.69, 9.17) is 12.6 Å². The van der Waals surface area contributed by atoms with Crippen LogP contribution in [-0.4, -0.2) is 24.9 Å². The minimum Gasteiger partial charge on any atom is -0.494 e. The van der Waals surface area contributed by atoms with Crippen molar-refractivity contribution in [2.75, 3.05) is 7.11 Å². The molecule has 0 aliphatic carbocycles. The average molecular weight is 158 g/mol. The van der Waals surface area contributed by atoms with Crippen molar-refractivity contribution in [3.05, 3.63) is 18.5 Å². The van der Waals surface area contributed by atoms with E-state index in [0.29, 0.717) is 5.59 Å². The van der Waals surface area contributed by atoms with Crippen LogP contribution in [0.5, 0.6) is 5.75 Å². The van der Waals surface area contributed by atoms with Gasteiger partial charge in [-0.1, -0.05) is 0 Å². The van der Waals surface area contributed by atoms with Gasteiger partial charge in [0.1, 0.15) is 13.6 Å². The summed E-state index contributed by atoms with van der Waals surface area (Å²) in [6.07, 6.45) is 3.43. The fourth-order valence-electron chi connectivity index (χ4n) is 1.21. The Kier molecular flexibility index (Phi) is 1.53. The summed E-state index contributed by atoms with van der Waals surface area (Å²) < 4.78 is 5.10. The minimum atomic E-state index is 0.496. The molecule has 1 N–H and O–H groups in total. The van der Waals surface area contributed by atoms with Crippen LogP contribution in [0.1, 0.15) is 0 Å². The first-order valence-electron chi connectivity index (χ1n) is 3.58. The van der Waals surface area contributed by atoms with Crippen molar-refractivity contribution >= 4 is 24.3 Å². The summed E-state index contributed by atoms with van der Waals surface area (Å²) >= 11 is 0. The topological polar surface area (TPSA) is 37.9 Å². The van der Waals surface area contributed by atoms with Gasteiger partial charge in [-0.2, -0.15) is 0 Å². The van der Waals surface area contributed by atoms with E-state index >= 15 is 0 Å². The number of aromatic amines is 1. The van der Waals surface area contributed by atoms with Crippen molar-refractivity contribution in [3.8, 4) is 5.75 Å². The Balaban J connectivity index is 2.82. The normalized spacial score (nSPS) is 10.4. The van der Waals surface area contributed by atoms with E-state index < -0.39 is 0 Å². The molecule has 2 aromatic rings. The predicted octanol–water partition coefficient (Wildman–Crippen LogP) is 0.365. The smallest absolute Gasteiger partial charge is 0.146 e. The molecule has 3 nitrogen and oxygen atoms in total. The molecule has 0 saturated carbocycles. The quantitative estimate of drug-likeness (QED) is 0.608. The fourth-order valence-corrected chi connectivity index (χ4v) is 1.21. The van der Waals surface area contributed by atoms with Crippen molar-refractivity contribution in [1.82, 2.24) is 9.97 Å². The van der Waals surface area contributed by atoms with Gasteiger partial charge in [0, 0.05) is 17.2 Å². The van der Waals surface area contributed by atoms with Crippen LogP contribution >= 0.6 is 0 Å². The number of methoxy groups -OCH3 is 1. The molecule has 2 heterocycles. The van der Waals surface area contributed by atoms with E-state index in [1.165, 1.54) is 0 Å². The van der Waals surface area contributed by atoms with Crippen molar-refractivity contribution in [3.63, 3.8) is 0 Å². The van der Waals surface area contributed by atoms with E-state index in [9.17, 15) is 0 Å². The second kappa shape index (κ2) is 2.55. The Hall–Kier alpha value is -1.45. The summed E-state index contributed by atoms with van der Waals surface area (Å²) in [5, 5.41) is 0.963. The lowest BCUT2D eigenvalue weighted by Gasteiger charge is -2.02. The highest BCUT2D eigenvalue weighted by Crippen LogP contribution is 2.20. The van der Waals surface area contributed by atoms with Gasteiger partial charge in [0.05, 0.1) is 18.8 Å². The highest BCUT2D eigenvalue weighted by atomic mass is 16.5. The Morgan fingerprint density at radius 3 is 3.17 bits per heavy atom. The van der Waals surface area contributed by atoms with Crippen molar-refractivity contribution in [2.24, 2.45) is 0 Å². The van der Waals surface area contributed by atoms with Crippen LogP contribution in [0, 0.1) is 0 Å². The monoisotopic (exact) mass is 158 g/mol. The van der Waals surface area contributed by atoms with E-state index in [1.807, 2.05) is 12.3 Å². The third kappa shape index (κ3) is 0.880. The first-order chi connectivity index (χ1) is 5.83. The number of rotatable bonds is 1. The number of aromatic nitrogens is 2. The molecule has 0 fully saturated rings. The maximum Gasteiger partial charge on any atom is 0.146 e. The number of hydrogen-bond donors (Lipinski definition) is 1. The first-order valence-corrected chi connectivity index (χ1v) is 3.58. The predicted molar refractivity (Wildman–Crippen MR) is 48.0 cm³/mol. The molecule has 0 amide bonds. The number of nitrogens with one attached hydrogen (secondary N) is 1. The summed E-state index contributed by atoms with van der Waals surface area (Å²) in [4.78, 5) is 6.97. The maximum atomic E-state index is 5.63. The largest absolute Gasteiger partial charge is 0.494 e. The SMILES string of the molecule is [B]c1ncc(OC)c2cc[nH]c12. The third-order valence-electron chi connectivity index (χ3n) is 1.81. The van der Waals surface area contributed by atoms with Crippen LogP contribution in [0.4, 0.5) is 0 Å². The van der Waals surface area contributed by atoms with Gasteiger partial charge in [0.25, 0.3) is 0 Å². The maximum absolute atomic E-state index is 5.63. The Morgan fingerprint density at radius 1 is 1.58 bits per heavy atom. The van der Waals surface area contributed by atoms with Crippen molar-refractivity contribution in [2.45, 2.75) is 0 Å². The fraction of sp³-hybridized carbons (Fsp3) is 0.125. The van der Waals surface area contributed by atoms with Gasteiger partial charge in [-0.05, 0) is 6.07 Å². The second-order valence-corrected chi connectivity index (χ2v) is 2.48. The molecule has 0 aliphatic heterocycles. The van der Waals surface area contributed by atoms with Crippen LogP contribution in [0.15, 0.2) is 18.5 Å². The van der Waals surface area contributed by atoms with Crippen molar-refractivity contribution in [1.29, 1.82) is 0 Å². The van der Waals surface area contributed by atoms with Gasteiger partial charge >= 0.3 is 0 Å². The zero-order valence-corrected chi connectivity index (χ0v) is 6.66. The molecular weight excluding hydrogens is 151 g/mol. The summed E-state index contributed by atoms with van der Waals surface area (Å²) in [5.41, 5.74) is 1.32. The standard InChI is InChI=1S/C8H7BN2O/c1-12-6-4-11-8(9)7-5(6)2-3-10-7/h2-4,10H,1H3. The molecule has 4 heteroatoms. The lowest BCUT2D eigenvalue weighted by molar-refractivity contribution is 0.418. The number of pyridine rings is 1. The van der Waals surface area contributed by atoms with Crippen molar-refractivity contribution < 1.29 is 4.74 Å². The lowest BCUT2D eigenvalue weighted by Crippen LogP contribution is -2.09. The summed E-state index contributed by atoms with van der Waals surface area (Å²) in [6.45, 7) is 0.